The minimum absolute atomic E-state index is 0. The third-order valence-corrected chi connectivity index (χ3v) is 2.75. The van der Waals surface area contributed by atoms with Crippen LogP contribution < -0.4 is 10.1 Å². The Morgan fingerprint density at radius 3 is 2.86 bits per heavy atom. The molecule has 0 aliphatic heterocycles. The Hall–Kier alpha value is -2.07. The topological polar surface area (TPSA) is 51.2 Å². The average molecular weight is 307 g/mol. The summed E-state index contributed by atoms with van der Waals surface area (Å²) >= 11 is 0. The van der Waals surface area contributed by atoms with Crippen molar-refractivity contribution in [3.8, 4) is 5.75 Å². The van der Waals surface area contributed by atoms with Gasteiger partial charge in [-0.2, -0.15) is 0 Å². The van der Waals surface area contributed by atoms with E-state index in [9.17, 15) is 4.79 Å². The number of nitrogens with zero attached hydrogens (tertiary/aromatic N) is 1. The van der Waals surface area contributed by atoms with Crippen LogP contribution in [0.5, 0.6) is 5.75 Å². The van der Waals surface area contributed by atoms with Crippen molar-refractivity contribution in [2.75, 3.05) is 6.61 Å². The normalized spacial score (nSPS) is 9.57. The largest absolute Gasteiger partial charge is 0.494 e. The Morgan fingerprint density at radius 1 is 1.29 bits per heavy atom. The minimum Gasteiger partial charge on any atom is -0.494 e. The summed E-state index contributed by atoms with van der Waals surface area (Å²) in [6.45, 7) is 3.24. The van der Waals surface area contributed by atoms with Crippen molar-refractivity contribution in [1.82, 2.24) is 10.3 Å². The average Bonchev–Trinajstić information content (AvgIpc) is 2.52. The number of amides is 1. The van der Waals surface area contributed by atoms with E-state index in [1.807, 2.05) is 24.3 Å². The number of pyridine rings is 1. The summed E-state index contributed by atoms with van der Waals surface area (Å²) in [5.41, 5.74) is 1.57. The van der Waals surface area contributed by atoms with Crippen LogP contribution in [0.25, 0.3) is 0 Å². The fraction of sp³-hybridized carbons (Fsp3) is 0.250. The molecule has 0 bridgehead atoms. The van der Waals surface area contributed by atoms with Gasteiger partial charge in [0.25, 0.3) is 5.91 Å². The van der Waals surface area contributed by atoms with Crippen LogP contribution in [0, 0.1) is 0 Å². The molecule has 1 N–H and O–H groups in total. The predicted molar refractivity (Wildman–Crippen MR) is 84.9 cm³/mol. The zero-order valence-corrected chi connectivity index (χ0v) is 12.7. The third kappa shape index (κ3) is 5.44. The van der Waals surface area contributed by atoms with E-state index < -0.39 is 0 Å². The van der Waals surface area contributed by atoms with Crippen molar-refractivity contribution in [2.45, 2.75) is 19.9 Å². The van der Waals surface area contributed by atoms with Crippen molar-refractivity contribution < 1.29 is 9.53 Å². The Bertz CT molecular complexity index is 561. The number of carbonyl (C=O) groups is 1. The molecule has 1 heterocycles. The highest BCUT2D eigenvalue weighted by Crippen LogP contribution is 2.13. The van der Waals surface area contributed by atoms with Gasteiger partial charge in [-0.05, 0) is 36.2 Å². The van der Waals surface area contributed by atoms with Gasteiger partial charge in [0.2, 0.25) is 0 Å². The second-order valence-electron chi connectivity index (χ2n) is 4.42. The summed E-state index contributed by atoms with van der Waals surface area (Å²) in [6, 6.07) is 11.2. The summed E-state index contributed by atoms with van der Waals surface area (Å²) < 4.78 is 5.56. The number of aromatic nitrogens is 1. The van der Waals surface area contributed by atoms with E-state index >= 15 is 0 Å². The predicted octanol–water partition coefficient (Wildman–Crippen LogP) is 3.22. The quantitative estimate of drug-likeness (QED) is 0.891. The fourth-order valence-electron chi connectivity index (χ4n) is 1.75. The minimum atomic E-state index is -0.127. The lowest BCUT2D eigenvalue weighted by atomic mass is 10.2. The number of halogens is 1. The lowest BCUT2D eigenvalue weighted by Crippen LogP contribution is -2.22. The molecule has 0 unspecified atom stereocenters. The molecule has 112 valence electrons. The molecule has 0 saturated heterocycles. The van der Waals surface area contributed by atoms with Gasteiger partial charge in [0.1, 0.15) is 5.75 Å². The summed E-state index contributed by atoms with van der Waals surface area (Å²) in [5, 5.41) is 2.86. The molecule has 0 saturated carbocycles. The summed E-state index contributed by atoms with van der Waals surface area (Å²) in [5.74, 6) is 0.706. The molecular formula is C16H19ClN2O2. The van der Waals surface area contributed by atoms with Gasteiger partial charge in [0.15, 0.2) is 0 Å². The zero-order valence-electron chi connectivity index (χ0n) is 11.9. The van der Waals surface area contributed by atoms with E-state index in [0.717, 1.165) is 17.7 Å². The van der Waals surface area contributed by atoms with Crippen molar-refractivity contribution >= 4 is 18.3 Å². The second kappa shape index (κ2) is 8.97. The Morgan fingerprint density at radius 2 is 2.14 bits per heavy atom. The number of nitrogens with one attached hydrogen (secondary N) is 1. The summed E-state index contributed by atoms with van der Waals surface area (Å²) in [7, 11) is 0. The number of ether oxygens (including phenoxy) is 1. The molecule has 2 rings (SSSR count). The van der Waals surface area contributed by atoms with Crippen LogP contribution in [-0.2, 0) is 6.54 Å². The van der Waals surface area contributed by atoms with Crippen LogP contribution >= 0.6 is 12.4 Å². The Balaban J connectivity index is 0.00000220. The van der Waals surface area contributed by atoms with Gasteiger partial charge < -0.3 is 10.1 Å². The van der Waals surface area contributed by atoms with Crippen molar-refractivity contribution in [3.63, 3.8) is 0 Å². The van der Waals surface area contributed by atoms with Crippen molar-refractivity contribution in [2.24, 2.45) is 0 Å². The second-order valence-corrected chi connectivity index (χ2v) is 4.42. The van der Waals surface area contributed by atoms with E-state index in [4.69, 9.17) is 4.74 Å². The maximum Gasteiger partial charge on any atom is 0.253 e. The number of carbonyl (C=O) groups excluding carboxylic acids is 1. The number of rotatable bonds is 6. The van der Waals surface area contributed by atoms with Gasteiger partial charge in [0.05, 0.1) is 12.2 Å². The monoisotopic (exact) mass is 306 g/mol. The van der Waals surface area contributed by atoms with Crippen molar-refractivity contribution in [3.05, 3.63) is 59.9 Å². The van der Waals surface area contributed by atoms with Gasteiger partial charge >= 0.3 is 0 Å². The van der Waals surface area contributed by atoms with Gasteiger partial charge in [-0.3, -0.25) is 9.78 Å². The Kier molecular flexibility index (Phi) is 7.26. The number of hydrogen-bond acceptors (Lipinski definition) is 3. The first-order valence-corrected chi connectivity index (χ1v) is 6.69. The molecule has 0 spiro atoms. The van der Waals surface area contributed by atoms with Gasteiger partial charge in [-0.15, -0.1) is 12.4 Å². The molecular weight excluding hydrogens is 288 g/mol. The maximum absolute atomic E-state index is 11.9. The number of benzene rings is 1. The van der Waals surface area contributed by atoms with Crippen LogP contribution in [0.1, 0.15) is 29.3 Å². The Labute approximate surface area is 131 Å². The first-order chi connectivity index (χ1) is 9.79. The smallest absolute Gasteiger partial charge is 0.253 e. The summed E-state index contributed by atoms with van der Waals surface area (Å²) in [4.78, 5) is 15.8. The molecule has 5 heteroatoms. The third-order valence-electron chi connectivity index (χ3n) is 2.75. The first-order valence-electron chi connectivity index (χ1n) is 6.69. The standard InChI is InChI=1S/C16H18N2O2.ClH/c1-2-9-20-15-7-3-5-13(10-15)11-18-16(19)14-6-4-8-17-12-14;/h3-8,10,12H,2,9,11H2,1H3,(H,18,19);1H. The molecule has 21 heavy (non-hydrogen) atoms. The van der Waals surface area contributed by atoms with E-state index in [-0.39, 0.29) is 18.3 Å². The van der Waals surface area contributed by atoms with Gasteiger partial charge in [-0.25, -0.2) is 0 Å². The van der Waals surface area contributed by atoms with Gasteiger partial charge in [-0.1, -0.05) is 19.1 Å². The van der Waals surface area contributed by atoms with Crippen molar-refractivity contribution in [1.29, 1.82) is 0 Å². The molecule has 0 aliphatic carbocycles. The highest BCUT2D eigenvalue weighted by Gasteiger charge is 2.05. The SMILES string of the molecule is CCCOc1cccc(CNC(=O)c2cccnc2)c1.Cl. The molecule has 1 amide bonds. The van der Waals surface area contributed by atoms with Gasteiger partial charge in [0, 0.05) is 18.9 Å². The molecule has 0 atom stereocenters. The molecule has 1 aromatic heterocycles. The zero-order chi connectivity index (χ0) is 14.2. The molecule has 0 aliphatic rings. The highest BCUT2D eigenvalue weighted by molar-refractivity contribution is 5.93. The maximum atomic E-state index is 11.9. The number of hydrogen-bond donors (Lipinski definition) is 1. The van der Waals surface area contributed by atoms with Crippen LogP contribution in [0.2, 0.25) is 0 Å². The molecule has 4 nitrogen and oxygen atoms in total. The van der Waals surface area contributed by atoms with E-state index in [1.54, 1.807) is 24.5 Å². The molecule has 0 fully saturated rings. The molecule has 1 aromatic carbocycles. The van der Waals surface area contributed by atoms with E-state index in [1.165, 1.54) is 0 Å². The van der Waals surface area contributed by atoms with Crippen LogP contribution in [0.3, 0.4) is 0 Å². The highest BCUT2D eigenvalue weighted by atomic mass is 35.5. The van der Waals surface area contributed by atoms with E-state index in [2.05, 4.69) is 17.2 Å². The van der Waals surface area contributed by atoms with E-state index in [0.29, 0.717) is 18.7 Å². The molecule has 2 aromatic rings. The lowest BCUT2D eigenvalue weighted by molar-refractivity contribution is 0.0950. The summed E-state index contributed by atoms with van der Waals surface area (Å²) in [6.07, 6.45) is 4.17. The van der Waals surface area contributed by atoms with Crippen LogP contribution in [0.15, 0.2) is 48.8 Å². The first kappa shape index (κ1) is 17.0. The van der Waals surface area contributed by atoms with Crippen LogP contribution in [-0.4, -0.2) is 17.5 Å². The molecule has 0 radical (unpaired) electrons. The lowest BCUT2D eigenvalue weighted by Gasteiger charge is -2.08. The fourth-order valence-corrected chi connectivity index (χ4v) is 1.75. The van der Waals surface area contributed by atoms with Crippen LogP contribution in [0.4, 0.5) is 0 Å².